The molecule has 0 saturated heterocycles. The van der Waals surface area contributed by atoms with Crippen LogP contribution in [0.1, 0.15) is 32.9 Å². The van der Waals surface area contributed by atoms with Gasteiger partial charge in [0.25, 0.3) is 0 Å². The number of aromatic nitrogens is 2. The highest BCUT2D eigenvalue weighted by Gasteiger charge is 2.13. The quantitative estimate of drug-likeness (QED) is 0.775. The molecule has 0 aliphatic heterocycles. The first-order valence-electron chi connectivity index (χ1n) is 6.08. The van der Waals surface area contributed by atoms with Crippen molar-refractivity contribution in [2.24, 2.45) is 0 Å². The maximum atomic E-state index is 12.4. The van der Waals surface area contributed by atoms with Crippen LogP contribution in [-0.2, 0) is 6.54 Å². The van der Waals surface area contributed by atoms with Crippen molar-refractivity contribution in [3.05, 3.63) is 52.6 Å². The van der Waals surface area contributed by atoms with Gasteiger partial charge in [-0.1, -0.05) is 17.7 Å². The minimum Gasteiger partial charge on any atom is -0.327 e. The number of Topliss-reactive ketones (excluding diaryl/α,β-unsaturated/α-hetero) is 1. The molecule has 2 rings (SSSR count). The lowest BCUT2D eigenvalue weighted by molar-refractivity contribution is 0.0970. The third kappa shape index (κ3) is 2.35. The van der Waals surface area contributed by atoms with Crippen LogP contribution in [-0.4, -0.2) is 15.3 Å². The predicted octanol–water partition coefficient (Wildman–Crippen LogP) is 3.00. The van der Waals surface area contributed by atoms with Crippen molar-refractivity contribution in [3.8, 4) is 0 Å². The maximum absolute atomic E-state index is 12.4. The van der Waals surface area contributed by atoms with Crippen LogP contribution in [0.5, 0.6) is 0 Å². The van der Waals surface area contributed by atoms with Crippen molar-refractivity contribution < 1.29 is 4.79 Å². The number of imidazole rings is 1. The summed E-state index contributed by atoms with van der Waals surface area (Å²) in [5.41, 5.74) is 4.14. The molecular formula is C15H18N2O. The summed E-state index contributed by atoms with van der Waals surface area (Å²) < 4.78 is 1.88. The number of benzene rings is 1. The summed E-state index contributed by atoms with van der Waals surface area (Å²) >= 11 is 0. The van der Waals surface area contributed by atoms with Crippen molar-refractivity contribution in [2.75, 3.05) is 0 Å². The van der Waals surface area contributed by atoms with Gasteiger partial charge in [-0.15, -0.1) is 0 Å². The van der Waals surface area contributed by atoms with Gasteiger partial charge in [0.1, 0.15) is 5.82 Å². The number of rotatable bonds is 3. The number of carbonyl (C=O) groups is 1. The highest BCUT2D eigenvalue weighted by molar-refractivity contribution is 5.98. The lowest BCUT2D eigenvalue weighted by Gasteiger charge is -2.11. The smallest absolute Gasteiger partial charge is 0.183 e. The van der Waals surface area contributed by atoms with E-state index in [0.29, 0.717) is 6.54 Å². The third-order valence-electron chi connectivity index (χ3n) is 3.19. The lowest BCUT2D eigenvalue weighted by atomic mass is 9.96. The molecule has 94 valence electrons. The van der Waals surface area contributed by atoms with Gasteiger partial charge >= 0.3 is 0 Å². The minimum atomic E-state index is 0.145. The highest BCUT2D eigenvalue weighted by atomic mass is 16.1. The molecule has 3 nitrogen and oxygen atoms in total. The second-order valence-electron chi connectivity index (χ2n) is 4.80. The summed E-state index contributed by atoms with van der Waals surface area (Å²) in [4.78, 5) is 16.5. The van der Waals surface area contributed by atoms with Gasteiger partial charge in [-0.25, -0.2) is 4.98 Å². The Balaban J connectivity index is 2.33. The third-order valence-corrected chi connectivity index (χ3v) is 3.19. The van der Waals surface area contributed by atoms with E-state index in [1.165, 1.54) is 5.56 Å². The molecule has 0 N–H and O–H groups in total. The SMILES string of the molecule is Cc1cc(C)c(C(=O)Cn2ccnc2C)c(C)c1. The zero-order valence-corrected chi connectivity index (χ0v) is 11.3. The van der Waals surface area contributed by atoms with Gasteiger partial charge in [0.15, 0.2) is 5.78 Å². The maximum Gasteiger partial charge on any atom is 0.183 e. The van der Waals surface area contributed by atoms with Crippen LogP contribution < -0.4 is 0 Å². The zero-order chi connectivity index (χ0) is 13.3. The summed E-state index contributed by atoms with van der Waals surface area (Å²) in [7, 11) is 0. The van der Waals surface area contributed by atoms with Crippen LogP contribution in [0.25, 0.3) is 0 Å². The standard InChI is InChI=1S/C15H18N2O/c1-10-7-11(2)15(12(3)8-10)14(18)9-17-6-5-16-13(17)4/h5-8H,9H2,1-4H3. The summed E-state index contributed by atoms with van der Waals surface area (Å²) in [5, 5.41) is 0. The van der Waals surface area contributed by atoms with Gasteiger partial charge in [-0.3, -0.25) is 4.79 Å². The largest absolute Gasteiger partial charge is 0.327 e. The zero-order valence-electron chi connectivity index (χ0n) is 11.3. The van der Waals surface area contributed by atoms with Crippen molar-refractivity contribution in [2.45, 2.75) is 34.2 Å². The van der Waals surface area contributed by atoms with Crippen LogP contribution in [0.3, 0.4) is 0 Å². The van der Waals surface area contributed by atoms with E-state index in [2.05, 4.69) is 17.1 Å². The van der Waals surface area contributed by atoms with Crippen LogP contribution in [0.15, 0.2) is 24.5 Å². The molecule has 1 aromatic heterocycles. The van der Waals surface area contributed by atoms with Crippen LogP contribution in [0, 0.1) is 27.7 Å². The number of nitrogens with zero attached hydrogens (tertiary/aromatic N) is 2. The molecule has 0 bridgehead atoms. The molecular weight excluding hydrogens is 224 g/mol. The number of hydrogen-bond acceptors (Lipinski definition) is 2. The summed E-state index contributed by atoms with van der Waals surface area (Å²) in [6.07, 6.45) is 3.56. The molecule has 0 amide bonds. The normalized spacial score (nSPS) is 10.7. The van der Waals surface area contributed by atoms with Gasteiger partial charge in [0.2, 0.25) is 0 Å². The van der Waals surface area contributed by atoms with E-state index in [-0.39, 0.29) is 5.78 Å². The Labute approximate surface area is 107 Å². The first kappa shape index (κ1) is 12.6. The summed E-state index contributed by atoms with van der Waals surface area (Å²) in [5.74, 6) is 1.01. The molecule has 0 radical (unpaired) electrons. The van der Waals surface area contributed by atoms with Gasteiger partial charge in [0, 0.05) is 18.0 Å². The first-order chi connectivity index (χ1) is 8.49. The number of ketones is 1. The topological polar surface area (TPSA) is 34.9 Å². The highest BCUT2D eigenvalue weighted by Crippen LogP contribution is 2.17. The Hall–Kier alpha value is -1.90. The number of aryl methyl sites for hydroxylation is 4. The fourth-order valence-corrected chi connectivity index (χ4v) is 2.42. The fourth-order valence-electron chi connectivity index (χ4n) is 2.42. The second-order valence-corrected chi connectivity index (χ2v) is 4.80. The molecule has 2 aromatic rings. The minimum absolute atomic E-state index is 0.145. The van der Waals surface area contributed by atoms with E-state index in [1.807, 2.05) is 38.5 Å². The Kier molecular flexibility index (Phi) is 3.32. The van der Waals surface area contributed by atoms with Gasteiger partial charge in [0.05, 0.1) is 6.54 Å². The summed E-state index contributed by atoms with van der Waals surface area (Å²) in [6.45, 7) is 8.30. The van der Waals surface area contributed by atoms with E-state index in [1.54, 1.807) is 6.20 Å². The fraction of sp³-hybridized carbons (Fsp3) is 0.333. The molecule has 0 aliphatic carbocycles. The Morgan fingerprint density at radius 1 is 1.17 bits per heavy atom. The van der Waals surface area contributed by atoms with E-state index in [0.717, 1.165) is 22.5 Å². The van der Waals surface area contributed by atoms with Gasteiger partial charge in [-0.05, 0) is 38.8 Å². The molecule has 1 aromatic carbocycles. The number of hydrogen-bond donors (Lipinski definition) is 0. The molecule has 0 atom stereocenters. The van der Waals surface area contributed by atoms with Crippen LogP contribution in [0.2, 0.25) is 0 Å². The average Bonchev–Trinajstić information content (AvgIpc) is 2.62. The van der Waals surface area contributed by atoms with Crippen molar-refractivity contribution in [1.82, 2.24) is 9.55 Å². The molecule has 0 aliphatic rings. The molecule has 3 heteroatoms. The molecule has 0 saturated carbocycles. The van der Waals surface area contributed by atoms with Crippen molar-refractivity contribution in [1.29, 1.82) is 0 Å². The molecule has 0 spiro atoms. The predicted molar refractivity (Wildman–Crippen MR) is 71.9 cm³/mol. The monoisotopic (exact) mass is 242 g/mol. The van der Waals surface area contributed by atoms with E-state index in [4.69, 9.17) is 0 Å². The van der Waals surface area contributed by atoms with Crippen LogP contribution >= 0.6 is 0 Å². The Morgan fingerprint density at radius 3 is 2.28 bits per heavy atom. The Bertz CT molecular complexity index is 573. The van der Waals surface area contributed by atoms with Crippen LogP contribution in [0.4, 0.5) is 0 Å². The summed E-state index contributed by atoms with van der Waals surface area (Å²) in [6, 6.07) is 4.11. The second kappa shape index (κ2) is 4.77. The van der Waals surface area contributed by atoms with E-state index >= 15 is 0 Å². The molecule has 0 fully saturated rings. The number of carbonyl (C=O) groups excluding carboxylic acids is 1. The van der Waals surface area contributed by atoms with Crippen molar-refractivity contribution >= 4 is 5.78 Å². The van der Waals surface area contributed by atoms with E-state index in [9.17, 15) is 4.79 Å². The van der Waals surface area contributed by atoms with Gasteiger partial charge in [-0.2, -0.15) is 0 Å². The molecule has 1 heterocycles. The van der Waals surface area contributed by atoms with E-state index < -0.39 is 0 Å². The Morgan fingerprint density at radius 2 is 1.78 bits per heavy atom. The molecule has 18 heavy (non-hydrogen) atoms. The average molecular weight is 242 g/mol. The van der Waals surface area contributed by atoms with Gasteiger partial charge < -0.3 is 4.57 Å². The first-order valence-corrected chi connectivity index (χ1v) is 6.08. The molecule has 0 unspecified atom stereocenters. The van der Waals surface area contributed by atoms with Crippen molar-refractivity contribution in [3.63, 3.8) is 0 Å². The lowest BCUT2D eigenvalue weighted by Crippen LogP contribution is -2.14.